The molecule has 4 aliphatic carbocycles. The van der Waals surface area contributed by atoms with Gasteiger partial charge in [0, 0.05) is 11.0 Å². The van der Waals surface area contributed by atoms with Crippen LogP contribution in [-0.2, 0) is 20.7 Å². The second kappa shape index (κ2) is 9.98. The number of hydrogen-bond donors (Lipinski definition) is 1. The fourth-order valence-electron chi connectivity index (χ4n) is 6.43. The number of aryl methyl sites for hydroxylation is 1. The lowest BCUT2D eigenvalue weighted by Crippen LogP contribution is -2.56. The van der Waals surface area contributed by atoms with Crippen LogP contribution in [0, 0.1) is 23.2 Å². The summed E-state index contributed by atoms with van der Waals surface area (Å²) in [4.78, 5) is 38.7. The predicted molar refractivity (Wildman–Crippen MR) is 127 cm³/mol. The van der Waals surface area contributed by atoms with Crippen molar-refractivity contribution >= 4 is 29.4 Å². The first kappa shape index (κ1) is 23.3. The number of carbonyl (C=O) groups excluding carboxylic acids is 3. The summed E-state index contributed by atoms with van der Waals surface area (Å²) in [7, 11) is 0. The molecule has 32 heavy (non-hydrogen) atoms. The number of carbonyl (C=O) groups is 3. The largest absolute Gasteiger partial charge is 0.456 e. The molecule has 0 heterocycles. The molecular weight excluding hydrogens is 422 g/mol. The molecule has 174 valence electrons. The van der Waals surface area contributed by atoms with E-state index in [0.29, 0.717) is 29.7 Å². The van der Waals surface area contributed by atoms with Crippen molar-refractivity contribution in [1.82, 2.24) is 5.32 Å². The molecule has 1 aromatic carbocycles. The maximum Gasteiger partial charge on any atom is 0.329 e. The molecule has 4 bridgehead atoms. The molecule has 0 saturated heterocycles. The Bertz CT molecular complexity index is 815. The van der Waals surface area contributed by atoms with Crippen molar-refractivity contribution in [3.63, 3.8) is 0 Å². The summed E-state index contributed by atoms with van der Waals surface area (Å²) in [6, 6.07) is 6.69. The molecule has 4 aliphatic rings. The number of hydrogen-bond acceptors (Lipinski definition) is 5. The highest BCUT2D eigenvalue weighted by atomic mass is 32.2. The van der Waals surface area contributed by atoms with Crippen molar-refractivity contribution < 1.29 is 19.1 Å². The van der Waals surface area contributed by atoms with Crippen molar-refractivity contribution in [2.24, 2.45) is 23.2 Å². The zero-order valence-electron chi connectivity index (χ0n) is 19.2. The Labute approximate surface area is 195 Å². The minimum absolute atomic E-state index is 0.0288. The Balaban J connectivity index is 1.36. The molecule has 0 unspecified atom stereocenters. The first-order valence-electron chi connectivity index (χ1n) is 12.0. The van der Waals surface area contributed by atoms with Crippen molar-refractivity contribution in [1.29, 1.82) is 0 Å². The number of thioether (sulfide) groups is 1. The summed E-state index contributed by atoms with van der Waals surface area (Å²) in [5.74, 6) is 2.04. The topological polar surface area (TPSA) is 72.5 Å². The number of nitrogens with one attached hydrogen (secondary N) is 1. The molecule has 0 aliphatic heterocycles. The predicted octanol–water partition coefficient (Wildman–Crippen LogP) is 4.43. The highest BCUT2D eigenvalue weighted by Gasteiger charge is 2.55. The van der Waals surface area contributed by atoms with E-state index < -0.39 is 12.0 Å². The summed E-state index contributed by atoms with van der Waals surface area (Å²) in [5.41, 5.74) is 1.39. The van der Waals surface area contributed by atoms with Gasteiger partial charge in [0.05, 0.1) is 0 Å². The van der Waals surface area contributed by atoms with E-state index in [9.17, 15) is 14.4 Å². The number of amides is 1. The Morgan fingerprint density at radius 2 is 1.66 bits per heavy atom. The number of ether oxygens (including phenoxy) is 1. The smallest absolute Gasteiger partial charge is 0.329 e. The fraction of sp³-hybridized carbons (Fsp3) is 0.654. The van der Waals surface area contributed by atoms with Crippen LogP contribution >= 0.6 is 11.8 Å². The van der Waals surface area contributed by atoms with E-state index >= 15 is 0 Å². The first-order valence-corrected chi connectivity index (χ1v) is 13.4. The van der Waals surface area contributed by atoms with Gasteiger partial charge in [-0.1, -0.05) is 31.2 Å². The maximum atomic E-state index is 13.4. The lowest BCUT2D eigenvalue weighted by Gasteiger charge is -2.55. The van der Waals surface area contributed by atoms with Crippen molar-refractivity contribution in [3.8, 4) is 0 Å². The van der Waals surface area contributed by atoms with E-state index in [0.717, 1.165) is 37.0 Å². The van der Waals surface area contributed by atoms with Crippen molar-refractivity contribution in [3.05, 3.63) is 35.4 Å². The molecule has 1 N–H and O–H groups in total. The highest BCUT2D eigenvalue weighted by molar-refractivity contribution is 7.98. The van der Waals surface area contributed by atoms with Gasteiger partial charge in [0.25, 0.3) is 0 Å². The van der Waals surface area contributed by atoms with E-state index in [-0.39, 0.29) is 23.7 Å². The summed E-state index contributed by atoms with van der Waals surface area (Å²) >= 11 is 1.63. The first-order chi connectivity index (χ1) is 15.4. The molecule has 4 saturated carbocycles. The second-order valence-electron chi connectivity index (χ2n) is 10.1. The van der Waals surface area contributed by atoms with Gasteiger partial charge in [-0.25, -0.2) is 4.79 Å². The molecule has 1 atom stereocenters. The Morgan fingerprint density at radius 3 is 2.19 bits per heavy atom. The lowest BCUT2D eigenvalue weighted by molar-refractivity contribution is -0.153. The van der Waals surface area contributed by atoms with Gasteiger partial charge in [-0.3, -0.25) is 9.59 Å². The third-order valence-electron chi connectivity index (χ3n) is 7.75. The molecule has 1 aromatic rings. The SMILES string of the molecule is CCc1ccc(C(=O)COC(=O)[C@@H](CCSC)NC(=O)C23CC4CC(CC(C4)C2)C3)cc1. The molecule has 4 fully saturated rings. The van der Waals surface area contributed by atoms with Crippen LogP contribution in [0.15, 0.2) is 24.3 Å². The lowest BCUT2D eigenvalue weighted by atomic mass is 9.49. The van der Waals surface area contributed by atoms with Gasteiger partial charge < -0.3 is 10.1 Å². The molecule has 0 radical (unpaired) electrons. The molecule has 0 spiro atoms. The third kappa shape index (κ3) is 5.05. The van der Waals surface area contributed by atoms with Gasteiger partial charge in [-0.15, -0.1) is 0 Å². The second-order valence-corrected chi connectivity index (χ2v) is 11.1. The third-order valence-corrected chi connectivity index (χ3v) is 8.39. The fourth-order valence-corrected chi connectivity index (χ4v) is 6.90. The Kier molecular flexibility index (Phi) is 7.28. The van der Waals surface area contributed by atoms with E-state index in [1.54, 1.807) is 23.9 Å². The summed E-state index contributed by atoms with van der Waals surface area (Å²) in [6.45, 7) is 1.76. The minimum Gasteiger partial charge on any atom is -0.456 e. The Morgan fingerprint density at radius 1 is 1.06 bits per heavy atom. The molecule has 1 amide bonds. The zero-order chi connectivity index (χ0) is 22.7. The van der Waals surface area contributed by atoms with Crippen LogP contribution in [-0.4, -0.2) is 42.3 Å². The van der Waals surface area contributed by atoms with Gasteiger partial charge in [0.1, 0.15) is 6.04 Å². The quantitative estimate of drug-likeness (QED) is 0.416. The van der Waals surface area contributed by atoms with Crippen LogP contribution in [0.3, 0.4) is 0 Å². The van der Waals surface area contributed by atoms with Crippen LogP contribution in [0.2, 0.25) is 0 Å². The standard InChI is InChI=1S/C26H35NO4S/c1-3-17-4-6-21(7-5-17)23(28)16-31-24(29)22(8-9-32-2)27-25(30)26-13-18-10-19(14-26)12-20(11-18)15-26/h4-7,18-20,22H,3,8-16H2,1-2H3,(H,27,30)/t18?,19?,20?,22-,26?/m1/s1. The number of benzene rings is 1. The van der Waals surface area contributed by atoms with Crippen LogP contribution < -0.4 is 5.32 Å². The summed E-state index contributed by atoms with van der Waals surface area (Å²) in [5, 5.41) is 3.05. The van der Waals surface area contributed by atoms with Gasteiger partial charge in [-0.05, 0) is 86.7 Å². The van der Waals surface area contributed by atoms with E-state index in [4.69, 9.17) is 4.74 Å². The molecule has 5 nitrogen and oxygen atoms in total. The van der Waals surface area contributed by atoms with E-state index in [2.05, 4.69) is 12.2 Å². The molecular formula is C26H35NO4S. The van der Waals surface area contributed by atoms with Crippen molar-refractivity contribution in [2.45, 2.75) is 64.3 Å². The van der Waals surface area contributed by atoms with Crippen LogP contribution in [0.4, 0.5) is 0 Å². The highest BCUT2D eigenvalue weighted by Crippen LogP contribution is 2.60. The van der Waals surface area contributed by atoms with Crippen molar-refractivity contribution in [2.75, 3.05) is 18.6 Å². The normalized spacial score (nSPS) is 28.9. The van der Waals surface area contributed by atoms with E-state index in [1.165, 1.54) is 19.3 Å². The number of Topliss-reactive ketones (excluding diaryl/α,β-unsaturated/α-hetero) is 1. The zero-order valence-corrected chi connectivity index (χ0v) is 20.0. The van der Waals surface area contributed by atoms with E-state index in [1.807, 2.05) is 18.4 Å². The van der Waals surface area contributed by atoms with Crippen LogP contribution in [0.1, 0.15) is 67.8 Å². The average Bonchev–Trinajstić information content (AvgIpc) is 2.79. The van der Waals surface area contributed by atoms with Gasteiger partial charge in [0.15, 0.2) is 12.4 Å². The van der Waals surface area contributed by atoms with Crippen LogP contribution in [0.25, 0.3) is 0 Å². The number of esters is 1. The molecule has 6 heteroatoms. The average molecular weight is 458 g/mol. The van der Waals surface area contributed by atoms with Gasteiger partial charge in [-0.2, -0.15) is 11.8 Å². The summed E-state index contributed by atoms with van der Waals surface area (Å²) < 4.78 is 5.38. The molecule has 0 aromatic heterocycles. The Hall–Kier alpha value is -1.82. The number of ketones is 1. The van der Waals surface area contributed by atoms with Gasteiger partial charge in [0.2, 0.25) is 5.91 Å². The van der Waals surface area contributed by atoms with Gasteiger partial charge >= 0.3 is 5.97 Å². The van der Waals surface area contributed by atoms with Crippen LogP contribution in [0.5, 0.6) is 0 Å². The number of rotatable bonds is 10. The minimum atomic E-state index is -0.696. The maximum absolute atomic E-state index is 13.4. The summed E-state index contributed by atoms with van der Waals surface area (Å²) in [6.07, 6.45) is 10.1. The molecule has 5 rings (SSSR count). The monoisotopic (exact) mass is 457 g/mol.